The fourth-order valence-corrected chi connectivity index (χ4v) is 3.31. The maximum Gasteiger partial charge on any atom is 0.231 e. The molecule has 8 heteroatoms. The Labute approximate surface area is 145 Å². The van der Waals surface area contributed by atoms with Crippen LogP contribution in [0.2, 0.25) is 0 Å². The van der Waals surface area contributed by atoms with E-state index in [9.17, 15) is 4.79 Å². The van der Waals surface area contributed by atoms with Crippen molar-refractivity contribution in [3.8, 4) is 0 Å². The van der Waals surface area contributed by atoms with Crippen LogP contribution in [-0.4, -0.2) is 36.1 Å². The minimum atomic E-state index is -0.300. The van der Waals surface area contributed by atoms with Gasteiger partial charge in [-0.1, -0.05) is 6.42 Å². The second-order valence-corrected chi connectivity index (χ2v) is 6.66. The van der Waals surface area contributed by atoms with Crippen molar-refractivity contribution >= 4 is 16.9 Å². The first kappa shape index (κ1) is 15.7. The molecule has 0 aliphatic carbocycles. The molecule has 1 aromatic carbocycles. The molecule has 130 valence electrons. The maximum absolute atomic E-state index is 12.6. The lowest BCUT2D eigenvalue weighted by molar-refractivity contribution is -0.123. The van der Waals surface area contributed by atoms with Crippen LogP contribution in [0.1, 0.15) is 48.0 Å². The number of hydrogen-bond donors (Lipinski definition) is 2. The number of imidazole rings is 1. The van der Waals surface area contributed by atoms with Gasteiger partial charge in [-0.3, -0.25) is 4.79 Å². The van der Waals surface area contributed by atoms with Crippen molar-refractivity contribution in [1.82, 2.24) is 35.5 Å². The summed E-state index contributed by atoms with van der Waals surface area (Å²) in [6.45, 7) is 5.28. The summed E-state index contributed by atoms with van der Waals surface area (Å²) < 4.78 is 1.74. The highest BCUT2D eigenvalue weighted by atomic mass is 16.1. The van der Waals surface area contributed by atoms with Crippen LogP contribution in [0.5, 0.6) is 0 Å². The van der Waals surface area contributed by atoms with Crippen molar-refractivity contribution in [3.05, 3.63) is 34.9 Å². The summed E-state index contributed by atoms with van der Waals surface area (Å²) in [6.07, 6.45) is 2.74. The monoisotopic (exact) mass is 339 g/mol. The van der Waals surface area contributed by atoms with Crippen molar-refractivity contribution in [2.24, 2.45) is 0 Å². The molecule has 0 fully saturated rings. The number of benzene rings is 1. The minimum Gasteiger partial charge on any atom is -0.348 e. The number of aromatic amines is 1. The molecule has 1 aliphatic rings. The standard InChI is InChI=1S/C17H21N7O/c1-10-7-13-14(8-11(10)2)20-15(19-13)9-18-17(25)12-5-3-4-6-24-16(12)21-22-23-24/h7-8,12H,3-6,9H2,1-2H3,(H,18,25)(H,19,20). The average molecular weight is 339 g/mol. The van der Waals surface area contributed by atoms with Crippen LogP contribution in [0.15, 0.2) is 12.1 Å². The highest BCUT2D eigenvalue weighted by Gasteiger charge is 2.28. The number of hydrogen-bond acceptors (Lipinski definition) is 5. The van der Waals surface area contributed by atoms with Crippen LogP contribution in [-0.2, 0) is 17.9 Å². The molecular formula is C17H21N7O. The number of rotatable bonds is 3. The second kappa shape index (κ2) is 6.27. The summed E-state index contributed by atoms with van der Waals surface area (Å²) in [5, 5.41) is 14.7. The van der Waals surface area contributed by atoms with Crippen molar-refractivity contribution < 1.29 is 4.79 Å². The molecule has 0 saturated heterocycles. The first-order valence-corrected chi connectivity index (χ1v) is 8.61. The molecule has 0 radical (unpaired) electrons. The molecule has 1 unspecified atom stereocenters. The number of aromatic nitrogens is 6. The first-order chi connectivity index (χ1) is 12.1. The zero-order valence-corrected chi connectivity index (χ0v) is 14.4. The van der Waals surface area contributed by atoms with E-state index >= 15 is 0 Å². The molecular weight excluding hydrogens is 318 g/mol. The summed E-state index contributed by atoms with van der Waals surface area (Å²) >= 11 is 0. The molecule has 3 heterocycles. The number of fused-ring (bicyclic) bond motifs is 2. The average Bonchev–Trinajstić information content (AvgIpc) is 3.15. The zero-order chi connectivity index (χ0) is 17.4. The predicted octanol–water partition coefficient (Wildman–Crippen LogP) is 1.75. The Morgan fingerprint density at radius 2 is 2.16 bits per heavy atom. The van der Waals surface area contributed by atoms with Crippen LogP contribution in [0.3, 0.4) is 0 Å². The van der Waals surface area contributed by atoms with Gasteiger partial charge in [-0.05, 0) is 60.4 Å². The lowest BCUT2D eigenvalue weighted by Gasteiger charge is -2.12. The largest absolute Gasteiger partial charge is 0.348 e. The van der Waals surface area contributed by atoms with E-state index < -0.39 is 0 Å². The van der Waals surface area contributed by atoms with E-state index in [-0.39, 0.29) is 11.8 Å². The molecule has 0 bridgehead atoms. The highest BCUT2D eigenvalue weighted by Crippen LogP contribution is 2.24. The summed E-state index contributed by atoms with van der Waals surface area (Å²) in [5.74, 6) is 1.06. The highest BCUT2D eigenvalue weighted by molar-refractivity contribution is 5.83. The van der Waals surface area contributed by atoms with Gasteiger partial charge in [0.2, 0.25) is 5.91 Å². The topological polar surface area (TPSA) is 101 Å². The summed E-state index contributed by atoms with van der Waals surface area (Å²) in [5.41, 5.74) is 4.34. The summed E-state index contributed by atoms with van der Waals surface area (Å²) in [6, 6.07) is 4.15. The Morgan fingerprint density at radius 1 is 1.32 bits per heavy atom. The van der Waals surface area contributed by atoms with Gasteiger partial charge >= 0.3 is 0 Å². The normalized spacial score (nSPS) is 17.3. The number of carbonyl (C=O) groups excluding carboxylic acids is 1. The molecule has 1 amide bonds. The minimum absolute atomic E-state index is 0.0502. The third kappa shape index (κ3) is 2.99. The van der Waals surface area contributed by atoms with Crippen LogP contribution in [0, 0.1) is 13.8 Å². The van der Waals surface area contributed by atoms with Gasteiger partial charge in [-0.2, -0.15) is 0 Å². The quantitative estimate of drug-likeness (QED) is 0.757. The Hall–Kier alpha value is -2.77. The van der Waals surface area contributed by atoms with Crippen molar-refractivity contribution in [1.29, 1.82) is 0 Å². The molecule has 1 aliphatic heterocycles. The Balaban J connectivity index is 1.49. The van der Waals surface area contributed by atoms with Gasteiger partial charge in [0.25, 0.3) is 0 Å². The third-order valence-electron chi connectivity index (χ3n) is 4.88. The molecule has 2 aromatic heterocycles. The van der Waals surface area contributed by atoms with Gasteiger partial charge in [0.05, 0.1) is 23.5 Å². The van der Waals surface area contributed by atoms with Gasteiger partial charge in [0, 0.05) is 6.54 Å². The van der Waals surface area contributed by atoms with Gasteiger partial charge in [-0.15, -0.1) is 5.10 Å². The van der Waals surface area contributed by atoms with Crippen molar-refractivity contribution in [3.63, 3.8) is 0 Å². The SMILES string of the molecule is Cc1cc2nc(CNC(=O)C3CCCCn4nnnc43)[nH]c2cc1C. The fourth-order valence-electron chi connectivity index (χ4n) is 3.31. The predicted molar refractivity (Wildman–Crippen MR) is 91.8 cm³/mol. The van der Waals surface area contributed by atoms with Crippen molar-refractivity contribution in [2.45, 2.75) is 52.1 Å². The smallest absolute Gasteiger partial charge is 0.231 e. The van der Waals surface area contributed by atoms with E-state index in [1.807, 2.05) is 0 Å². The summed E-state index contributed by atoms with van der Waals surface area (Å²) in [4.78, 5) is 20.5. The second-order valence-electron chi connectivity index (χ2n) is 6.66. The molecule has 1 atom stereocenters. The Bertz CT molecular complexity index is 887. The van der Waals surface area contributed by atoms with Crippen molar-refractivity contribution in [2.75, 3.05) is 0 Å². The Morgan fingerprint density at radius 3 is 3.04 bits per heavy atom. The van der Waals surface area contributed by atoms with E-state index in [1.165, 1.54) is 11.1 Å². The number of nitrogens with one attached hydrogen (secondary N) is 2. The molecule has 0 spiro atoms. The maximum atomic E-state index is 12.6. The van der Waals surface area contributed by atoms with E-state index in [4.69, 9.17) is 0 Å². The molecule has 3 aromatic rings. The van der Waals surface area contributed by atoms with E-state index in [0.29, 0.717) is 12.4 Å². The fraction of sp³-hybridized carbons (Fsp3) is 0.471. The van der Waals surface area contributed by atoms with Gasteiger partial charge in [-0.25, -0.2) is 9.67 Å². The lowest BCUT2D eigenvalue weighted by atomic mass is 10.0. The van der Waals surface area contributed by atoms with E-state index in [1.54, 1.807) is 4.68 Å². The zero-order valence-electron chi connectivity index (χ0n) is 14.4. The first-order valence-electron chi connectivity index (χ1n) is 8.61. The van der Waals surface area contributed by atoms with Gasteiger partial charge in [0.1, 0.15) is 5.82 Å². The number of aryl methyl sites for hydroxylation is 3. The van der Waals surface area contributed by atoms with Crippen LogP contribution in [0.4, 0.5) is 0 Å². The van der Waals surface area contributed by atoms with Crippen LogP contribution in [0.25, 0.3) is 11.0 Å². The number of H-pyrrole nitrogens is 1. The van der Waals surface area contributed by atoms with Gasteiger partial charge in [0.15, 0.2) is 5.82 Å². The van der Waals surface area contributed by atoms with Gasteiger partial charge < -0.3 is 10.3 Å². The lowest BCUT2D eigenvalue weighted by Crippen LogP contribution is -2.30. The number of amides is 1. The van der Waals surface area contributed by atoms with Crippen LogP contribution >= 0.6 is 0 Å². The molecule has 25 heavy (non-hydrogen) atoms. The van der Waals surface area contributed by atoms with E-state index in [2.05, 4.69) is 56.8 Å². The van der Waals surface area contributed by atoms with Crippen LogP contribution < -0.4 is 5.32 Å². The number of tetrazole rings is 1. The molecule has 0 saturated carbocycles. The molecule has 4 rings (SSSR count). The third-order valence-corrected chi connectivity index (χ3v) is 4.88. The Kier molecular flexibility index (Phi) is 3.95. The number of carbonyl (C=O) groups is 1. The van der Waals surface area contributed by atoms with E-state index in [0.717, 1.165) is 42.7 Å². The molecule has 2 N–H and O–H groups in total. The molecule has 8 nitrogen and oxygen atoms in total. The summed E-state index contributed by atoms with van der Waals surface area (Å²) in [7, 11) is 0. The number of nitrogens with zero attached hydrogens (tertiary/aromatic N) is 5.